The van der Waals surface area contributed by atoms with Crippen LogP contribution in [0.15, 0.2) is 84.9 Å². The Bertz CT molecular complexity index is 1370. The summed E-state index contributed by atoms with van der Waals surface area (Å²) in [5.41, 5.74) is 5.29. The average Bonchev–Trinajstić information content (AvgIpc) is 2.87. The zero-order valence-electron chi connectivity index (χ0n) is 18.7. The summed E-state index contributed by atoms with van der Waals surface area (Å²) < 4.78 is 0. The number of nitrogens with zero attached hydrogens (tertiary/aromatic N) is 2. The lowest BCUT2D eigenvalue weighted by atomic mass is 9.99. The Balaban J connectivity index is 1.52. The van der Waals surface area contributed by atoms with E-state index in [9.17, 15) is 4.79 Å². The third kappa shape index (κ3) is 5.89. The lowest BCUT2D eigenvalue weighted by molar-refractivity contribution is -0.115. The molecule has 4 rings (SSSR count). The van der Waals surface area contributed by atoms with Crippen molar-refractivity contribution >= 4 is 40.1 Å². The summed E-state index contributed by atoms with van der Waals surface area (Å²) in [6, 6.07) is 29.7. The van der Waals surface area contributed by atoms with Crippen LogP contribution in [0.1, 0.15) is 28.8 Å². The molecule has 0 aliphatic heterocycles. The molecule has 4 nitrogen and oxygen atoms in total. The highest BCUT2D eigenvalue weighted by molar-refractivity contribution is 6.33. The van der Waals surface area contributed by atoms with Crippen molar-refractivity contribution in [2.45, 2.75) is 19.3 Å². The van der Waals surface area contributed by atoms with Crippen LogP contribution >= 0.6 is 11.6 Å². The smallest absolute Gasteiger partial charge is 0.251 e. The number of fused-ring (bicyclic) bond motifs is 1. The van der Waals surface area contributed by atoms with Crippen molar-refractivity contribution in [3.8, 4) is 6.07 Å². The molecule has 1 amide bonds. The first kappa shape index (κ1) is 23.2. The van der Waals surface area contributed by atoms with E-state index >= 15 is 0 Å². The second-order valence-electron chi connectivity index (χ2n) is 7.94. The summed E-state index contributed by atoms with van der Waals surface area (Å²) in [5.74, 6) is -0.233. The molecule has 168 valence electrons. The number of hydrogen-bond donors (Lipinski definition) is 1. The van der Waals surface area contributed by atoms with E-state index in [1.54, 1.807) is 12.1 Å². The molecule has 0 saturated heterocycles. The molecule has 0 unspecified atom stereocenters. The van der Waals surface area contributed by atoms with Crippen LogP contribution in [-0.4, -0.2) is 17.4 Å². The molecule has 1 aromatic heterocycles. The van der Waals surface area contributed by atoms with Gasteiger partial charge in [0.2, 0.25) is 0 Å². The van der Waals surface area contributed by atoms with Gasteiger partial charge in [0.25, 0.3) is 5.91 Å². The Morgan fingerprint density at radius 2 is 1.71 bits per heavy atom. The lowest BCUT2D eigenvalue weighted by Crippen LogP contribution is -2.25. The first-order chi connectivity index (χ1) is 16.6. The molecular formula is C29H24ClN3O. The molecule has 34 heavy (non-hydrogen) atoms. The normalized spacial score (nSPS) is 11.2. The van der Waals surface area contributed by atoms with E-state index in [1.807, 2.05) is 66.7 Å². The van der Waals surface area contributed by atoms with Crippen LogP contribution < -0.4 is 5.32 Å². The molecule has 0 radical (unpaired) electrons. The number of aromatic nitrogens is 1. The van der Waals surface area contributed by atoms with Gasteiger partial charge in [0.05, 0.1) is 18.0 Å². The number of carbonyl (C=O) groups is 1. The van der Waals surface area contributed by atoms with Gasteiger partial charge in [-0.3, -0.25) is 9.78 Å². The summed E-state index contributed by atoms with van der Waals surface area (Å²) in [7, 11) is 0. The van der Waals surface area contributed by atoms with Crippen molar-refractivity contribution in [3.05, 3.63) is 112 Å². The highest BCUT2D eigenvalue weighted by Crippen LogP contribution is 2.24. The minimum Gasteiger partial charge on any atom is -0.351 e. The van der Waals surface area contributed by atoms with E-state index in [2.05, 4.69) is 23.5 Å². The quantitative estimate of drug-likeness (QED) is 0.190. The number of halogens is 1. The monoisotopic (exact) mass is 465 g/mol. The minimum absolute atomic E-state index is 0.233. The molecule has 1 N–H and O–H groups in total. The SMILES string of the molecule is N#CCCNC(=O)C(=Cc1ccccc1Cl)c1ccc(CCc2ccc3ccccc3n2)cc1. The zero-order chi connectivity index (χ0) is 23.8. The van der Waals surface area contributed by atoms with Gasteiger partial charge in [-0.2, -0.15) is 5.26 Å². The first-order valence-electron chi connectivity index (χ1n) is 11.2. The molecule has 3 aromatic carbocycles. The fraction of sp³-hybridized carbons (Fsp3) is 0.138. The molecule has 0 bridgehead atoms. The van der Waals surface area contributed by atoms with Crippen molar-refractivity contribution in [2.75, 3.05) is 6.54 Å². The molecule has 0 saturated carbocycles. The second kappa shape index (κ2) is 11.3. The maximum atomic E-state index is 12.9. The van der Waals surface area contributed by atoms with E-state index in [1.165, 1.54) is 5.56 Å². The summed E-state index contributed by atoms with van der Waals surface area (Å²) in [5, 5.41) is 13.3. The standard InChI is InChI=1S/C29H24ClN3O/c30-27-8-3-1-7-24(27)20-26(29(34)32-19-5-18-31)22-13-10-21(11-14-22)12-16-25-17-15-23-6-2-4-9-28(23)33-25/h1-4,6-11,13-15,17,20H,5,12,16,19H2,(H,32,34). The molecular weight excluding hydrogens is 442 g/mol. The van der Waals surface area contributed by atoms with Crippen LogP contribution in [0.4, 0.5) is 0 Å². The van der Waals surface area contributed by atoms with Crippen LogP contribution in [-0.2, 0) is 17.6 Å². The van der Waals surface area contributed by atoms with Crippen molar-refractivity contribution < 1.29 is 4.79 Å². The van der Waals surface area contributed by atoms with Gasteiger partial charge >= 0.3 is 0 Å². The Hall–Kier alpha value is -3.94. The van der Waals surface area contributed by atoms with E-state index in [0.29, 0.717) is 17.1 Å². The van der Waals surface area contributed by atoms with Gasteiger partial charge in [0, 0.05) is 28.2 Å². The zero-order valence-corrected chi connectivity index (χ0v) is 19.4. The number of rotatable bonds is 8. The Morgan fingerprint density at radius 3 is 2.50 bits per heavy atom. The molecule has 0 atom stereocenters. The number of amides is 1. The predicted molar refractivity (Wildman–Crippen MR) is 138 cm³/mol. The van der Waals surface area contributed by atoms with Crippen LogP contribution in [0, 0.1) is 11.3 Å². The van der Waals surface area contributed by atoms with Gasteiger partial charge < -0.3 is 5.32 Å². The summed E-state index contributed by atoms with van der Waals surface area (Å²) >= 11 is 6.32. The van der Waals surface area contributed by atoms with Gasteiger partial charge in [0.15, 0.2) is 0 Å². The molecule has 0 aliphatic carbocycles. The summed E-state index contributed by atoms with van der Waals surface area (Å²) in [6.07, 6.45) is 3.73. The number of nitriles is 1. The van der Waals surface area contributed by atoms with Gasteiger partial charge in [-0.05, 0) is 53.8 Å². The number of pyridine rings is 1. The average molecular weight is 466 g/mol. The molecule has 0 spiro atoms. The largest absolute Gasteiger partial charge is 0.351 e. The molecule has 1 heterocycles. The van der Waals surface area contributed by atoms with Gasteiger partial charge in [-0.15, -0.1) is 0 Å². The third-order valence-electron chi connectivity index (χ3n) is 5.56. The summed E-state index contributed by atoms with van der Waals surface area (Å²) in [4.78, 5) is 17.6. The lowest BCUT2D eigenvalue weighted by Gasteiger charge is -2.11. The number of para-hydroxylation sites is 1. The van der Waals surface area contributed by atoms with Gasteiger partial charge in [-0.1, -0.05) is 78.3 Å². The van der Waals surface area contributed by atoms with Crippen LogP contribution in [0.2, 0.25) is 5.02 Å². The number of benzene rings is 3. The van der Waals surface area contributed by atoms with E-state index in [-0.39, 0.29) is 12.3 Å². The number of aryl methyl sites for hydroxylation is 2. The van der Waals surface area contributed by atoms with Crippen LogP contribution in [0.25, 0.3) is 22.6 Å². The number of carbonyl (C=O) groups excluding carboxylic acids is 1. The topological polar surface area (TPSA) is 65.8 Å². The molecule has 4 aromatic rings. The Morgan fingerprint density at radius 1 is 0.941 bits per heavy atom. The fourth-order valence-electron chi connectivity index (χ4n) is 3.73. The predicted octanol–water partition coefficient (Wildman–Crippen LogP) is 6.24. The summed E-state index contributed by atoms with van der Waals surface area (Å²) in [6.45, 7) is 0.298. The highest BCUT2D eigenvalue weighted by Gasteiger charge is 2.13. The van der Waals surface area contributed by atoms with Gasteiger partial charge in [0.1, 0.15) is 0 Å². The molecule has 0 aliphatic rings. The number of nitrogens with one attached hydrogen (secondary N) is 1. The Kier molecular flexibility index (Phi) is 7.70. The molecule has 5 heteroatoms. The van der Waals surface area contributed by atoms with Crippen molar-refractivity contribution in [3.63, 3.8) is 0 Å². The Labute approximate surface area is 204 Å². The van der Waals surface area contributed by atoms with Crippen molar-refractivity contribution in [2.24, 2.45) is 0 Å². The number of hydrogen-bond acceptors (Lipinski definition) is 3. The van der Waals surface area contributed by atoms with Crippen LogP contribution in [0.3, 0.4) is 0 Å². The fourth-order valence-corrected chi connectivity index (χ4v) is 3.92. The first-order valence-corrected chi connectivity index (χ1v) is 11.6. The van der Waals surface area contributed by atoms with Crippen molar-refractivity contribution in [1.82, 2.24) is 10.3 Å². The van der Waals surface area contributed by atoms with Crippen LogP contribution in [0.5, 0.6) is 0 Å². The third-order valence-corrected chi connectivity index (χ3v) is 5.91. The second-order valence-corrected chi connectivity index (χ2v) is 8.34. The maximum absolute atomic E-state index is 12.9. The van der Waals surface area contributed by atoms with E-state index < -0.39 is 0 Å². The molecule has 0 fully saturated rings. The highest BCUT2D eigenvalue weighted by atomic mass is 35.5. The maximum Gasteiger partial charge on any atom is 0.251 e. The van der Waals surface area contributed by atoms with Crippen molar-refractivity contribution in [1.29, 1.82) is 5.26 Å². The van der Waals surface area contributed by atoms with E-state index in [0.717, 1.165) is 40.6 Å². The van der Waals surface area contributed by atoms with Gasteiger partial charge in [-0.25, -0.2) is 0 Å². The minimum atomic E-state index is -0.233. The van der Waals surface area contributed by atoms with E-state index in [4.69, 9.17) is 21.8 Å².